The van der Waals surface area contributed by atoms with Crippen LogP contribution in [0.25, 0.3) is 0 Å². The Bertz CT molecular complexity index is 624. The maximum atomic E-state index is 12.0. The predicted molar refractivity (Wildman–Crippen MR) is 90.9 cm³/mol. The molecule has 0 heterocycles. The standard InChI is InChI=1S/C17H21N3O2/c1-20(2)14-10-8-13(9-11-14)19-17(21)12-18-15-6-4-5-7-16(15)22-3/h4-11,18H,12H2,1-3H3,(H,19,21). The Labute approximate surface area is 130 Å². The maximum Gasteiger partial charge on any atom is 0.243 e. The lowest BCUT2D eigenvalue weighted by Crippen LogP contribution is -2.22. The fourth-order valence-electron chi connectivity index (χ4n) is 2.01. The quantitative estimate of drug-likeness (QED) is 0.861. The van der Waals surface area contributed by atoms with E-state index in [1.54, 1.807) is 7.11 Å². The zero-order valence-corrected chi connectivity index (χ0v) is 13.1. The summed E-state index contributed by atoms with van der Waals surface area (Å²) in [7, 11) is 5.56. The molecular formula is C17H21N3O2. The molecule has 5 nitrogen and oxygen atoms in total. The summed E-state index contributed by atoms with van der Waals surface area (Å²) in [5.41, 5.74) is 2.66. The van der Waals surface area contributed by atoms with Gasteiger partial charge in [-0.3, -0.25) is 4.79 Å². The van der Waals surface area contributed by atoms with Crippen LogP contribution in [0.3, 0.4) is 0 Å². The van der Waals surface area contributed by atoms with E-state index in [2.05, 4.69) is 10.6 Å². The number of nitrogens with zero attached hydrogens (tertiary/aromatic N) is 1. The first-order valence-corrected chi connectivity index (χ1v) is 7.04. The Morgan fingerprint density at radius 1 is 1.09 bits per heavy atom. The van der Waals surface area contributed by atoms with Crippen molar-refractivity contribution in [1.82, 2.24) is 0 Å². The van der Waals surface area contributed by atoms with Crippen LogP contribution in [0, 0.1) is 0 Å². The molecule has 0 radical (unpaired) electrons. The number of anilines is 3. The minimum absolute atomic E-state index is 0.108. The Kier molecular flexibility index (Phi) is 5.25. The van der Waals surface area contributed by atoms with Crippen LogP contribution in [0.5, 0.6) is 5.75 Å². The Morgan fingerprint density at radius 2 is 1.77 bits per heavy atom. The van der Waals surface area contributed by atoms with Gasteiger partial charge in [0.05, 0.1) is 19.3 Å². The van der Waals surface area contributed by atoms with Gasteiger partial charge in [-0.25, -0.2) is 0 Å². The van der Waals surface area contributed by atoms with Gasteiger partial charge in [-0.05, 0) is 36.4 Å². The van der Waals surface area contributed by atoms with E-state index in [9.17, 15) is 4.79 Å². The highest BCUT2D eigenvalue weighted by molar-refractivity contribution is 5.94. The van der Waals surface area contributed by atoms with Gasteiger partial charge in [0.2, 0.25) is 5.91 Å². The average Bonchev–Trinajstić information content (AvgIpc) is 2.53. The van der Waals surface area contributed by atoms with E-state index in [0.717, 1.165) is 17.1 Å². The van der Waals surface area contributed by atoms with Crippen molar-refractivity contribution >= 4 is 23.0 Å². The highest BCUT2D eigenvalue weighted by Crippen LogP contribution is 2.22. The number of hydrogen-bond acceptors (Lipinski definition) is 4. The van der Waals surface area contributed by atoms with Crippen molar-refractivity contribution in [2.45, 2.75) is 0 Å². The lowest BCUT2D eigenvalue weighted by atomic mass is 10.2. The van der Waals surface area contributed by atoms with E-state index in [1.807, 2.05) is 67.5 Å². The summed E-state index contributed by atoms with van der Waals surface area (Å²) in [4.78, 5) is 14.0. The molecule has 2 aromatic rings. The molecule has 22 heavy (non-hydrogen) atoms. The van der Waals surface area contributed by atoms with Crippen molar-refractivity contribution in [2.75, 3.05) is 43.3 Å². The Hall–Kier alpha value is -2.69. The molecule has 2 rings (SSSR count). The van der Waals surface area contributed by atoms with Gasteiger partial charge in [0.25, 0.3) is 0 Å². The number of ether oxygens (including phenoxy) is 1. The second-order valence-electron chi connectivity index (χ2n) is 5.04. The zero-order valence-electron chi connectivity index (χ0n) is 13.1. The third-order valence-corrected chi connectivity index (χ3v) is 3.21. The summed E-state index contributed by atoms with van der Waals surface area (Å²) in [5.74, 6) is 0.606. The predicted octanol–water partition coefficient (Wildman–Crippen LogP) is 2.81. The van der Waals surface area contributed by atoms with Crippen molar-refractivity contribution in [2.24, 2.45) is 0 Å². The fraction of sp³-hybridized carbons (Fsp3) is 0.235. The summed E-state index contributed by atoms with van der Waals surface area (Å²) < 4.78 is 5.23. The Balaban J connectivity index is 1.90. The number of hydrogen-bond donors (Lipinski definition) is 2. The van der Waals surface area contributed by atoms with E-state index in [0.29, 0.717) is 5.75 Å². The number of nitrogens with one attached hydrogen (secondary N) is 2. The molecule has 0 saturated heterocycles. The lowest BCUT2D eigenvalue weighted by Gasteiger charge is -2.13. The second kappa shape index (κ2) is 7.36. The van der Waals surface area contributed by atoms with Crippen LogP contribution < -0.4 is 20.3 Å². The van der Waals surface area contributed by atoms with Crippen LogP contribution in [0.4, 0.5) is 17.1 Å². The number of methoxy groups -OCH3 is 1. The summed E-state index contributed by atoms with van der Waals surface area (Å²) >= 11 is 0. The van der Waals surface area contributed by atoms with Crippen LogP contribution in [-0.2, 0) is 4.79 Å². The molecule has 0 fully saturated rings. The van der Waals surface area contributed by atoms with Crippen molar-refractivity contribution in [3.05, 3.63) is 48.5 Å². The molecule has 116 valence electrons. The third kappa shape index (κ3) is 4.15. The molecular weight excluding hydrogens is 278 g/mol. The van der Waals surface area contributed by atoms with E-state index in [1.165, 1.54) is 0 Å². The molecule has 0 unspecified atom stereocenters. The minimum atomic E-state index is -0.108. The monoisotopic (exact) mass is 299 g/mol. The second-order valence-corrected chi connectivity index (χ2v) is 5.04. The van der Waals surface area contributed by atoms with Crippen LogP contribution in [-0.4, -0.2) is 33.7 Å². The van der Waals surface area contributed by atoms with Crippen molar-refractivity contribution in [1.29, 1.82) is 0 Å². The van der Waals surface area contributed by atoms with Crippen LogP contribution in [0.2, 0.25) is 0 Å². The molecule has 0 saturated carbocycles. The number of carbonyl (C=O) groups excluding carboxylic acids is 1. The Morgan fingerprint density at radius 3 is 2.41 bits per heavy atom. The molecule has 0 aromatic heterocycles. The van der Waals surface area contributed by atoms with Gasteiger partial charge in [-0.2, -0.15) is 0 Å². The van der Waals surface area contributed by atoms with Crippen LogP contribution in [0.1, 0.15) is 0 Å². The number of amides is 1. The van der Waals surface area contributed by atoms with Crippen LogP contribution in [0.15, 0.2) is 48.5 Å². The van der Waals surface area contributed by atoms with E-state index in [4.69, 9.17) is 4.74 Å². The highest BCUT2D eigenvalue weighted by Gasteiger charge is 2.05. The zero-order chi connectivity index (χ0) is 15.9. The summed E-state index contributed by atoms with van der Waals surface area (Å²) in [6.07, 6.45) is 0. The third-order valence-electron chi connectivity index (χ3n) is 3.21. The first kappa shape index (κ1) is 15.7. The number of para-hydroxylation sites is 2. The number of carbonyl (C=O) groups is 1. The molecule has 2 N–H and O–H groups in total. The van der Waals surface area contributed by atoms with Gasteiger partial charge >= 0.3 is 0 Å². The average molecular weight is 299 g/mol. The molecule has 5 heteroatoms. The van der Waals surface area contributed by atoms with Gasteiger partial charge in [-0.15, -0.1) is 0 Å². The van der Waals surface area contributed by atoms with Crippen LogP contribution >= 0.6 is 0 Å². The summed E-state index contributed by atoms with van der Waals surface area (Å²) in [5, 5.41) is 5.92. The van der Waals surface area contributed by atoms with Gasteiger partial charge in [0, 0.05) is 25.5 Å². The molecule has 0 aliphatic carbocycles. The van der Waals surface area contributed by atoms with Gasteiger partial charge in [0.1, 0.15) is 5.75 Å². The summed E-state index contributed by atoms with van der Waals surface area (Å²) in [6, 6.07) is 15.2. The van der Waals surface area contributed by atoms with Gasteiger partial charge in [0.15, 0.2) is 0 Å². The van der Waals surface area contributed by atoms with E-state index in [-0.39, 0.29) is 12.5 Å². The topological polar surface area (TPSA) is 53.6 Å². The molecule has 0 bridgehead atoms. The molecule has 2 aromatic carbocycles. The van der Waals surface area contributed by atoms with Gasteiger partial charge in [-0.1, -0.05) is 12.1 Å². The van der Waals surface area contributed by atoms with Crippen molar-refractivity contribution in [3.8, 4) is 5.75 Å². The van der Waals surface area contributed by atoms with E-state index < -0.39 is 0 Å². The smallest absolute Gasteiger partial charge is 0.243 e. The maximum absolute atomic E-state index is 12.0. The molecule has 0 atom stereocenters. The highest BCUT2D eigenvalue weighted by atomic mass is 16.5. The summed E-state index contributed by atoms with van der Waals surface area (Å²) in [6.45, 7) is 0.176. The molecule has 0 spiro atoms. The largest absolute Gasteiger partial charge is 0.495 e. The van der Waals surface area contributed by atoms with E-state index >= 15 is 0 Å². The number of rotatable bonds is 6. The first-order valence-electron chi connectivity index (χ1n) is 7.04. The lowest BCUT2D eigenvalue weighted by molar-refractivity contribution is -0.114. The molecule has 1 amide bonds. The fourth-order valence-corrected chi connectivity index (χ4v) is 2.01. The normalized spacial score (nSPS) is 9.95. The SMILES string of the molecule is COc1ccccc1NCC(=O)Nc1ccc(N(C)C)cc1. The molecule has 0 aliphatic rings. The minimum Gasteiger partial charge on any atom is -0.495 e. The number of benzene rings is 2. The van der Waals surface area contributed by atoms with Crippen molar-refractivity contribution < 1.29 is 9.53 Å². The van der Waals surface area contributed by atoms with Crippen molar-refractivity contribution in [3.63, 3.8) is 0 Å². The first-order chi connectivity index (χ1) is 10.6. The van der Waals surface area contributed by atoms with Gasteiger partial charge < -0.3 is 20.3 Å². The molecule has 0 aliphatic heterocycles.